The van der Waals surface area contributed by atoms with Crippen molar-refractivity contribution in [1.29, 1.82) is 0 Å². The Morgan fingerprint density at radius 3 is 1.71 bits per heavy atom. The van der Waals surface area contributed by atoms with Crippen LogP contribution in [-0.4, -0.2) is 58.4 Å². The summed E-state index contributed by atoms with van der Waals surface area (Å²) in [6, 6.07) is 19.3. The Bertz CT molecular complexity index is 1130. The van der Waals surface area contributed by atoms with Crippen molar-refractivity contribution in [3.63, 3.8) is 0 Å². The van der Waals surface area contributed by atoms with E-state index in [1.54, 1.807) is 0 Å². The van der Waals surface area contributed by atoms with Gasteiger partial charge in [-0.25, -0.2) is 4.79 Å². The van der Waals surface area contributed by atoms with Gasteiger partial charge in [0.15, 0.2) is 0 Å². The molecule has 8 nitrogen and oxygen atoms in total. The van der Waals surface area contributed by atoms with Gasteiger partial charge in [0.1, 0.15) is 5.60 Å². The zero-order valence-corrected chi connectivity index (χ0v) is 28.4. The topological polar surface area (TPSA) is 123 Å². The lowest BCUT2D eigenvalue weighted by Gasteiger charge is -2.44. The maximum absolute atomic E-state index is 12.2. The number of aliphatic hydroxyl groups is 2. The Kier molecular flexibility index (Phi) is 14.3. The van der Waals surface area contributed by atoms with Crippen LogP contribution in [0.2, 0.25) is 0 Å². The lowest BCUT2D eigenvalue weighted by atomic mass is 9.73. The largest absolute Gasteiger partial charge is 0.444 e. The molecule has 10 atom stereocenters. The highest BCUT2D eigenvalue weighted by molar-refractivity contribution is 5.68. The van der Waals surface area contributed by atoms with E-state index in [0.717, 1.165) is 30.4 Å². The molecule has 0 bridgehead atoms. The summed E-state index contributed by atoms with van der Waals surface area (Å²) in [5.41, 5.74) is 7.76. The molecule has 0 aromatic heterocycles. The van der Waals surface area contributed by atoms with Crippen LogP contribution in [0.25, 0.3) is 0 Å². The number of aliphatic hydroxyl groups excluding tert-OH is 2. The average Bonchev–Trinajstić information content (AvgIpc) is 3.00. The third-order valence-corrected chi connectivity index (χ3v) is 9.51. The molecular weight excluding hydrogens is 568 g/mol. The van der Waals surface area contributed by atoms with Crippen LogP contribution in [0.1, 0.15) is 85.3 Å². The minimum atomic E-state index is -0.649. The average molecular weight is 627 g/mol. The molecule has 2 fully saturated rings. The Hall–Kier alpha value is -2.49. The first-order chi connectivity index (χ1) is 21.3. The summed E-state index contributed by atoms with van der Waals surface area (Å²) in [5.74, 6) is 1.48. The number of hydrogen-bond donors (Lipinski definition) is 4. The number of carbonyl (C=O) groups excluding carboxylic acids is 1. The number of rotatable bonds is 9. The van der Waals surface area contributed by atoms with Gasteiger partial charge in [0.05, 0.1) is 49.7 Å². The molecule has 0 heterocycles. The number of nitrogens with one attached hydrogen (secondary N) is 1. The smallest absolute Gasteiger partial charge is 0.408 e. The van der Waals surface area contributed by atoms with Gasteiger partial charge in [-0.2, -0.15) is 0 Å². The maximum atomic E-state index is 12.2. The van der Waals surface area contributed by atoms with E-state index in [0.29, 0.717) is 37.4 Å². The quantitative estimate of drug-likeness (QED) is 0.261. The minimum absolute atomic E-state index is 0.0612. The fourth-order valence-corrected chi connectivity index (χ4v) is 6.76. The van der Waals surface area contributed by atoms with E-state index in [-0.39, 0.29) is 24.2 Å². The van der Waals surface area contributed by atoms with Crippen LogP contribution in [0.5, 0.6) is 0 Å². The Morgan fingerprint density at radius 2 is 1.24 bits per heavy atom. The first-order valence-corrected chi connectivity index (χ1v) is 16.8. The van der Waals surface area contributed by atoms with Crippen LogP contribution in [0.3, 0.4) is 0 Å². The highest BCUT2D eigenvalue weighted by atomic mass is 16.6. The Balaban J connectivity index is 0.000000257. The molecule has 2 saturated carbocycles. The van der Waals surface area contributed by atoms with E-state index in [4.69, 9.17) is 19.9 Å². The minimum Gasteiger partial charge on any atom is -0.444 e. The monoisotopic (exact) mass is 626 g/mol. The molecule has 0 radical (unpaired) electrons. The number of carbonyl (C=O) groups is 1. The first kappa shape index (κ1) is 37.0. The number of benzene rings is 2. The van der Waals surface area contributed by atoms with Gasteiger partial charge in [-0.05, 0) is 68.4 Å². The van der Waals surface area contributed by atoms with Gasteiger partial charge in [-0.15, -0.1) is 0 Å². The number of amides is 1. The van der Waals surface area contributed by atoms with Crippen LogP contribution >= 0.6 is 0 Å². The molecule has 2 aliphatic rings. The van der Waals surface area contributed by atoms with Gasteiger partial charge in [-0.1, -0.05) is 101 Å². The zero-order chi connectivity index (χ0) is 33.1. The number of hydrogen-bond acceptors (Lipinski definition) is 7. The van der Waals surface area contributed by atoms with Crippen molar-refractivity contribution in [1.82, 2.24) is 5.32 Å². The predicted molar refractivity (Wildman–Crippen MR) is 178 cm³/mol. The molecule has 0 aliphatic heterocycles. The number of ether oxygens (including phenoxy) is 3. The third-order valence-electron chi connectivity index (χ3n) is 9.51. The van der Waals surface area contributed by atoms with Crippen molar-refractivity contribution < 1.29 is 29.2 Å². The zero-order valence-electron chi connectivity index (χ0n) is 28.4. The van der Waals surface area contributed by atoms with E-state index in [2.05, 4.69) is 33.0 Å². The van der Waals surface area contributed by atoms with E-state index >= 15 is 0 Å². The van der Waals surface area contributed by atoms with Crippen molar-refractivity contribution in [3.8, 4) is 0 Å². The molecule has 2 aliphatic carbocycles. The van der Waals surface area contributed by atoms with E-state index in [1.165, 1.54) is 0 Å². The summed E-state index contributed by atoms with van der Waals surface area (Å²) >= 11 is 0. The summed E-state index contributed by atoms with van der Waals surface area (Å²) in [4.78, 5) is 12.2. The molecule has 2 aromatic rings. The second kappa shape index (κ2) is 17.4. The summed E-state index contributed by atoms with van der Waals surface area (Å²) < 4.78 is 17.6. The maximum Gasteiger partial charge on any atom is 0.408 e. The van der Waals surface area contributed by atoms with Crippen LogP contribution in [-0.2, 0) is 27.4 Å². The SMILES string of the molecule is CC[C@H]1C[C@H](O)[C@H](N)[C@@H](OCc2ccccc2)[C@@H]1C.CC[C@H]1C[C@H](O)[C@H](NC(=O)OC(C)(C)C)[C@@H](OCc2ccccc2)[C@@H]1C. The molecule has 8 heteroatoms. The van der Waals surface area contributed by atoms with E-state index in [1.807, 2.05) is 81.4 Å². The molecule has 0 saturated heterocycles. The summed E-state index contributed by atoms with van der Waals surface area (Å²) in [7, 11) is 0. The van der Waals surface area contributed by atoms with Gasteiger partial charge in [0, 0.05) is 0 Å². The normalized spacial score (nSPS) is 31.8. The fraction of sp³-hybridized carbons (Fsp3) is 0.649. The fourth-order valence-electron chi connectivity index (χ4n) is 6.76. The van der Waals surface area contributed by atoms with E-state index < -0.39 is 29.9 Å². The molecule has 1 amide bonds. The van der Waals surface area contributed by atoms with Crippen molar-refractivity contribution in [3.05, 3.63) is 71.8 Å². The third kappa shape index (κ3) is 11.1. The highest BCUT2D eigenvalue weighted by Gasteiger charge is 2.44. The van der Waals surface area contributed by atoms with Gasteiger partial charge < -0.3 is 35.5 Å². The van der Waals surface area contributed by atoms with Crippen molar-refractivity contribution in [2.45, 2.75) is 129 Å². The summed E-state index contributed by atoms with van der Waals surface area (Å²) in [5, 5.41) is 23.6. The van der Waals surface area contributed by atoms with Crippen LogP contribution in [0.4, 0.5) is 4.79 Å². The lowest BCUT2D eigenvalue weighted by Crippen LogP contribution is -2.59. The Morgan fingerprint density at radius 1 is 0.800 bits per heavy atom. The van der Waals surface area contributed by atoms with Crippen molar-refractivity contribution in [2.75, 3.05) is 0 Å². The molecule has 252 valence electrons. The number of nitrogens with two attached hydrogens (primary N) is 1. The first-order valence-electron chi connectivity index (χ1n) is 16.8. The van der Waals surface area contributed by atoms with Gasteiger partial charge in [0.2, 0.25) is 0 Å². The molecule has 5 N–H and O–H groups in total. The molecular formula is C37H58N2O6. The molecule has 0 spiro atoms. The van der Waals surface area contributed by atoms with Crippen molar-refractivity contribution >= 4 is 6.09 Å². The molecule has 45 heavy (non-hydrogen) atoms. The molecule has 2 aromatic carbocycles. The second-order valence-electron chi connectivity index (χ2n) is 13.9. The molecule has 4 rings (SSSR count). The number of alkyl carbamates (subject to hydrolysis) is 1. The van der Waals surface area contributed by atoms with Gasteiger partial charge in [-0.3, -0.25) is 0 Å². The standard InChI is InChI=1S/C21H33NO4.C16H25NO2/c1-6-16-12-17(23)18(22-20(24)26-21(3,4)5)19(14(16)2)25-13-15-10-8-7-9-11-15;1-3-13-9-14(18)15(17)16(11(13)2)19-10-12-7-5-4-6-8-12/h7-11,14,16-19,23H,6,12-13H2,1-5H3,(H,22,24);4-8,11,13-16,18H,3,9-10,17H2,1-2H3/t14-,16+,17+,18+,19+;11-,13+,14+,15+,16+/m11/s1. The predicted octanol–water partition coefficient (Wildman–Crippen LogP) is 6.22. The summed E-state index contributed by atoms with van der Waals surface area (Å²) in [6.45, 7) is 15.1. The summed E-state index contributed by atoms with van der Waals surface area (Å²) in [6.07, 6.45) is 1.56. The second-order valence-corrected chi connectivity index (χ2v) is 13.9. The molecule has 0 unspecified atom stereocenters. The highest BCUT2D eigenvalue weighted by Crippen LogP contribution is 2.36. The van der Waals surface area contributed by atoms with Crippen LogP contribution in [0.15, 0.2) is 60.7 Å². The lowest BCUT2D eigenvalue weighted by molar-refractivity contribution is -0.0998. The van der Waals surface area contributed by atoms with Gasteiger partial charge >= 0.3 is 6.09 Å². The van der Waals surface area contributed by atoms with Gasteiger partial charge in [0.25, 0.3) is 0 Å². The Labute approximate surface area is 271 Å². The van der Waals surface area contributed by atoms with Crippen LogP contribution < -0.4 is 11.1 Å². The van der Waals surface area contributed by atoms with E-state index in [9.17, 15) is 15.0 Å². The van der Waals surface area contributed by atoms with Crippen molar-refractivity contribution in [2.24, 2.45) is 29.4 Å². The van der Waals surface area contributed by atoms with Crippen LogP contribution in [0, 0.1) is 23.7 Å².